The van der Waals surface area contributed by atoms with Gasteiger partial charge in [0.25, 0.3) is 0 Å². The van der Waals surface area contributed by atoms with Gasteiger partial charge in [-0.25, -0.2) is 0 Å². The first-order valence-corrected chi connectivity index (χ1v) is 7.78. The molecular weight excluding hydrogens is 302 g/mol. The Morgan fingerprint density at radius 3 is 2.50 bits per heavy atom. The third-order valence-electron chi connectivity index (χ3n) is 4.32. The lowest BCUT2D eigenvalue weighted by molar-refractivity contribution is 0.252. The molecule has 3 rings (SSSR count). The fourth-order valence-electron chi connectivity index (χ4n) is 3.02. The highest BCUT2D eigenvalue weighted by Gasteiger charge is 2.23. The number of nitrogens with zero attached hydrogens (tertiary/aromatic N) is 3. The standard InChI is InChI=1S/C16H20ClN3O2/c1-20-6-4-10(5-7-20)11-8-13-12(9-14(11)21-2)15(17)19-16(18-13)22-3/h8-10H,4-7H2,1-3H3. The molecule has 0 aliphatic carbocycles. The molecule has 5 nitrogen and oxygen atoms in total. The molecule has 2 heterocycles. The molecule has 1 saturated heterocycles. The summed E-state index contributed by atoms with van der Waals surface area (Å²) < 4.78 is 10.7. The molecule has 0 spiro atoms. The third kappa shape index (κ3) is 2.83. The summed E-state index contributed by atoms with van der Waals surface area (Å²) in [7, 11) is 5.39. The largest absolute Gasteiger partial charge is 0.496 e. The summed E-state index contributed by atoms with van der Waals surface area (Å²) in [5.41, 5.74) is 1.99. The fourth-order valence-corrected chi connectivity index (χ4v) is 3.24. The topological polar surface area (TPSA) is 47.5 Å². The van der Waals surface area contributed by atoms with Gasteiger partial charge in [-0.15, -0.1) is 0 Å². The molecule has 1 fully saturated rings. The maximum Gasteiger partial charge on any atom is 0.318 e. The summed E-state index contributed by atoms with van der Waals surface area (Å²) in [6, 6.07) is 4.29. The van der Waals surface area contributed by atoms with Crippen LogP contribution < -0.4 is 9.47 Å². The van der Waals surface area contributed by atoms with E-state index in [0.717, 1.165) is 42.6 Å². The normalized spacial score (nSPS) is 16.9. The Labute approximate surface area is 135 Å². The van der Waals surface area contributed by atoms with Crippen molar-refractivity contribution in [1.29, 1.82) is 0 Å². The monoisotopic (exact) mass is 321 g/mol. The third-order valence-corrected chi connectivity index (χ3v) is 4.61. The number of halogens is 1. The van der Waals surface area contributed by atoms with E-state index in [1.807, 2.05) is 6.07 Å². The van der Waals surface area contributed by atoms with Crippen LogP contribution in [-0.2, 0) is 0 Å². The van der Waals surface area contributed by atoms with Crippen LogP contribution in [0.2, 0.25) is 5.15 Å². The van der Waals surface area contributed by atoms with Crippen LogP contribution >= 0.6 is 11.6 Å². The van der Waals surface area contributed by atoms with Crippen molar-refractivity contribution in [2.24, 2.45) is 0 Å². The van der Waals surface area contributed by atoms with Crippen molar-refractivity contribution >= 4 is 22.5 Å². The Bertz CT molecular complexity index is 685. The number of hydrogen-bond donors (Lipinski definition) is 0. The molecule has 0 amide bonds. The number of likely N-dealkylation sites (tertiary alicyclic amines) is 1. The first kappa shape index (κ1) is 15.3. The molecule has 1 aliphatic rings. The minimum absolute atomic E-state index is 0.289. The molecular formula is C16H20ClN3O2. The van der Waals surface area contributed by atoms with Gasteiger partial charge in [-0.3, -0.25) is 0 Å². The van der Waals surface area contributed by atoms with Crippen molar-refractivity contribution < 1.29 is 9.47 Å². The fraction of sp³-hybridized carbons (Fsp3) is 0.500. The first-order valence-electron chi connectivity index (χ1n) is 7.40. The molecule has 0 radical (unpaired) electrons. The summed E-state index contributed by atoms with van der Waals surface area (Å²) >= 11 is 6.23. The second kappa shape index (κ2) is 6.26. The van der Waals surface area contributed by atoms with E-state index >= 15 is 0 Å². The number of piperidine rings is 1. The zero-order valence-corrected chi connectivity index (χ0v) is 13.9. The van der Waals surface area contributed by atoms with E-state index in [1.165, 1.54) is 5.56 Å². The van der Waals surface area contributed by atoms with Crippen molar-refractivity contribution in [2.45, 2.75) is 18.8 Å². The summed E-state index contributed by atoms with van der Waals surface area (Å²) in [5.74, 6) is 1.34. The lowest BCUT2D eigenvalue weighted by Gasteiger charge is -2.30. The highest BCUT2D eigenvalue weighted by Crippen LogP contribution is 2.38. The van der Waals surface area contributed by atoms with Crippen LogP contribution in [0, 0.1) is 0 Å². The minimum atomic E-state index is 0.289. The Kier molecular flexibility index (Phi) is 4.36. The number of methoxy groups -OCH3 is 2. The highest BCUT2D eigenvalue weighted by atomic mass is 35.5. The van der Waals surface area contributed by atoms with E-state index in [9.17, 15) is 0 Å². The predicted octanol–water partition coefficient (Wildman–Crippen LogP) is 3.11. The van der Waals surface area contributed by atoms with Crippen LogP contribution in [0.4, 0.5) is 0 Å². The molecule has 22 heavy (non-hydrogen) atoms. The van der Waals surface area contributed by atoms with Crippen LogP contribution in [0.3, 0.4) is 0 Å². The van der Waals surface area contributed by atoms with Gasteiger partial charge < -0.3 is 14.4 Å². The number of aromatic nitrogens is 2. The Morgan fingerprint density at radius 1 is 1.14 bits per heavy atom. The second-order valence-corrected chi connectivity index (χ2v) is 6.05. The lowest BCUT2D eigenvalue weighted by atomic mass is 9.88. The molecule has 0 bridgehead atoms. The first-order chi connectivity index (χ1) is 10.6. The van der Waals surface area contributed by atoms with Gasteiger partial charge in [0, 0.05) is 5.39 Å². The maximum atomic E-state index is 6.23. The number of fused-ring (bicyclic) bond motifs is 1. The zero-order valence-electron chi connectivity index (χ0n) is 13.1. The molecule has 1 aromatic heterocycles. The van der Waals surface area contributed by atoms with Gasteiger partial charge in [-0.1, -0.05) is 11.6 Å². The lowest BCUT2D eigenvalue weighted by Crippen LogP contribution is -2.29. The van der Waals surface area contributed by atoms with Gasteiger partial charge in [0.15, 0.2) is 0 Å². The number of ether oxygens (including phenoxy) is 2. The van der Waals surface area contributed by atoms with E-state index < -0.39 is 0 Å². The molecule has 1 aliphatic heterocycles. The molecule has 6 heteroatoms. The van der Waals surface area contributed by atoms with Crippen LogP contribution in [0.5, 0.6) is 11.8 Å². The van der Waals surface area contributed by atoms with Gasteiger partial charge >= 0.3 is 6.01 Å². The van der Waals surface area contributed by atoms with Gasteiger partial charge in [0.1, 0.15) is 10.9 Å². The summed E-state index contributed by atoms with van der Waals surface area (Å²) in [6.07, 6.45) is 2.24. The molecule has 0 unspecified atom stereocenters. The summed E-state index contributed by atoms with van der Waals surface area (Å²) in [4.78, 5) is 10.9. The average molecular weight is 322 g/mol. The van der Waals surface area contributed by atoms with Gasteiger partial charge in [-0.05, 0) is 56.6 Å². The Balaban J connectivity index is 2.08. The van der Waals surface area contributed by atoms with E-state index in [4.69, 9.17) is 21.1 Å². The molecule has 118 valence electrons. The van der Waals surface area contributed by atoms with E-state index in [-0.39, 0.29) is 6.01 Å². The molecule has 0 N–H and O–H groups in total. The van der Waals surface area contributed by atoms with Crippen LogP contribution in [0.1, 0.15) is 24.3 Å². The molecule has 0 atom stereocenters. The van der Waals surface area contributed by atoms with Crippen molar-refractivity contribution in [2.75, 3.05) is 34.4 Å². The van der Waals surface area contributed by atoms with Gasteiger partial charge in [0.2, 0.25) is 0 Å². The quantitative estimate of drug-likeness (QED) is 0.813. The van der Waals surface area contributed by atoms with Crippen LogP contribution in [-0.4, -0.2) is 49.2 Å². The average Bonchev–Trinajstić information content (AvgIpc) is 2.54. The van der Waals surface area contributed by atoms with E-state index in [2.05, 4.69) is 28.0 Å². The van der Waals surface area contributed by atoms with Crippen molar-refractivity contribution in [3.8, 4) is 11.8 Å². The Morgan fingerprint density at radius 2 is 1.86 bits per heavy atom. The second-order valence-electron chi connectivity index (χ2n) is 5.69. The summed E-state index contributed by atoms with van der Waals surface area (Å²) in [5, 5.41) is 1.17. The highest BCUT2D eigenvalue weighted by molar-refractivity contribution is 6.34. The maximum absolute atomic E-state index is 6.23. The van der Waals surface area contributed by atoms with Crippen molar-refractivity contribution in [3.05, 3.63) is 22.8 Å². The van der Waals surface area contributed by atoms with Crippen molar-refractivity contribution in [3.63, 3.8) is 0 Å². The number of hydrogen-bond acceptors (Lipinski definition) is 5. The van der Waals surface area contributed by atoms with E-state index in [0.29, 0.717) is 11.1 Å². The van der Waals surface area contributed by atoms with E-state index in [1.54, 1.807) is 14.2 Å². The van der Waals surface area contributed by atoms with Crippen LogP contribution in [0.15, 0.2) is 12.1 Å². The number of benzene rings is 1. The zero-order chi connectivity index (χ0) is 15.7. The smallest absolute Gasteiger partial charge is 0.318 e. The SMILES string of the molecule is COc1nc(Cl)c2cc(OC)c(C3CCN(C)CC3)cc2n1. The van der Waals surface area contributed by atoms with Gasteiger partial charge in [-0.2, -0.15) is 9.97 Å². The summed E-state index contributed by atoms with van der Waals surface area (Å²) in [6.45, 7) is 2.19. The molecule has 2 aromatic rings. The molecule has 0 saturated carbocycles. The Hall–Kier alpha value is -1.59. The van der Waals surface area contributed by atoms with Gasteiger partial charge in [0.05, 0.1) is 19.7 Å². The van der Waals surface area contributed by atoms with Crippen LogP contribution in [0.25, 0.3) is 10.9 Å². The number of rotatable bonds is 3. The minimum Gasteiger partial charge on any atom is -0.496 e. The molecule has 1 aromatic carbocycles. The predicted molar refractivity (Wildman–Crippen MR) is 87.1 cm³/mol. The van der Waals surface area contributed by atoms with Crippen molar-refractivity contribution in [1.82, 2.24) is 14.9 Å².